The molecule has 0 unspecified atom stereocenters. The first kappa shape index (κ1) is 17.8. The molecule has 0 spiro atoms. The molecule has 0 atom stereocenters. The average Bonchev–Trinajstić information content (AvgIpc) is 3.26. The molecule has 0 bridgehead atoms. The van der Waals surface area contributed by atoms with E-state index in [4.69, 9.17) is 9.40 Å². The fourth-order valence-corrected chi connectivity index (χ4v) is 2.85. The van der Waals surface area contributed by atoms with E-state index in [1.807, 2.05) is 48.5 Å². The van der Waals surface area contributed by atoms with Crippen LogP contribution in [0.1, 0.15) is 16.9 Å². The lowest BCUT2D eigenvalue weighted by atomic mass is 10.1. The first-order valence-corrected chi connectivity index (χ1v) is 9.26. The van der Waals surface area contributed by atoms with E-state index in [0.29, 0.717) is 19.0 Å². The summed E-state index contributed by atoms with van der Waals surface area (Å²) in [7, 11) is 0. The van der Waals surface area contributed by atoms with Crippen molar-refractivity contribution in [3.05, 3.63) is 95.9 Å². The fraction of sp³-hybridized carbons (Fsp3) is 0.130. The molecule has 0 saturated carbocycles. The van der Waals surface area contributed by atoms with E-state index in [1.165, 1.54) is 11.1 Å². The maximum absolute atomic E-state index is 5.39. The van der Waals surface area contributed by atoms with Gasteiger partial charge in [0.15, 0.2) is 0 Å². The van der Waals surface area contributed by atoms with Crippen LogP contribution in [0.2, 0.25) is 0 Å². The smallest absolute Gasteiger partial charge is 0.225 e. The normalized spacial score (nSPS) is 10.6. The molecule has 0 aliphatic rings. The minimum absolute atomic E-state index is 0.565. The summed E-state index contributed by atoms with van der Waals surface area (Å²) in [6.07, 6.45) is 1.67. The van der Waals surface area contributed by atoms with Crippen molar-refractivity contribution in [2.24, 2.45) is 0 Å². The molecule has 4 aromatic rings. The molecule has 2 aromatic carbocycles. The van der Waals surface area contributed by atoms with Gasteiger partial charge in [-0.3, -0.25) is 0 Å². The molecule has 0 amide bonds. The van der Waals surface area contributed by atoms with Crippen molar-refractivity contribution >= 4 is 11.8 Å². The summed E-state index contributed by atoms with van der Waals surface area (Å²) in [6.45, 7) is 3.31. The molecule has 5 nitrogen and oxygen atoms in total. The summed E-state index contributed by atoms with van der Waals surface area (Å²) in [6, 6.07) is 24.3. The molecule has 0 radical (unpaired) electrons. The zero-order valence-electron chi connectivity index (χ0n) is 15.7. The Morgan fingerprint density at radius 1 is 0.821 bits per heavy atom. The van der Waals surface area contributed by atoms with Gasteiger partial charge in [0.05, 0.1) is 18.5 Å². The van der Waals surface area contributed by atoms with Gasteiger partial charge in [0.25, 0.3) is 0 Å². The molecule has 0 aliphatic carbocycles. The van der Waals surface area contributed by atoms with Crippen LogP contribution in [0.4, 0.5) is 11.8 Å². The topological polar surface area (TPSA) is 63.0 Å². The van der Waals surface area contributed by atoms with Crippen LogP contribution in [0.3, 0.4) is 0 Å². The Kier molecular flexibility index (Phi) is 5.33. The van der Waals surface area contributed by atoms with Gasteiger partial charge >= 0.3 is 0 Å². The van der Waals surface area contributed by atoms with Gasteiger partial charge in [0, 0.05) is 18.2 Å². The number of nitrogens with zero attached hydrogens (tertiary/aromatic N) is 2. The number of aryl methyl sites for hydroxylation is 1. The van der Waals surface area contributed by atoms with E-state index in [9.17, 15) is 0 Å². The highest BCUT2D eigenvalue weighted by molar-refractivity contribution is 5.64. The van der Waals surface area contributed by atoms with Crippen molar-refractivity contribution in [3.63, 3.8) is 0 Å². The van der Waals surface area contributed by atoms with Gasteiger partial charge in [-0.2, -0.15) is 4.98 Å². The summed E-state index contributed by atoms with van der Waals surface area (Å²) in [5.41, 5.74) is 4.34. The first-order valence-electron chi connectivity index (χ1n) is 9.26. The van der Waals surface area contributed by atoms with Gasteiger partial charge in [0.2, 0.25) is 5.95 Å². The predicted molar refractivity (Wildman–Crippen MR) is 112 cm³/mol. The van der Waals surface area contributed by atoms with Gasteiger partial charge in [0.1, 0.15) is 11.6 Å². The van der Waals surface area contributed by atoms with Gasteiger partial charge in [-0.05, 0) is 24.6 Å². The maximum atomic E-state index is 5.39. The number of nitrogens with one attached hydrogen (secondary N) is 2. The average molecular weight is 370 g/mol. The Morgan fingerprint density at radius 3 is 2.39 bits per heavy atom. The lowest BCUT2D eigenvalue weighted by Gasteiger charge is -2.11. The zero-order chi connectivity index (χ0) is 19.2. The number of furan rings is 1. The summed E-state index contributed by atoms with van der Waals surface area (Å²) >= 11 is 0. The molecule has 2 aromatic heterocycles. The van der Waals surface area contributed by atoms with Crippen LogP contribution >= 0.6 is 0 Å². The van der Waals surface area contributed by atoms with Gasteiger partial charge in [-0.15, -0.1) is 0 Å². The predicted octanol–water partition coefficient (Wildman–Crippen LogP) is 5.27. The zero-order valence-corrected chi connectivity index (χ0v) is 15.7. The van der Waals surface area contributed by atoms with Crippen molar-refractivity contribution in [2.75, 3.05) is 10.6 Å². The van der Waals surface area contributed by atoms with Gasteiger partial charge in [-0.25, -0.2) is 4.98 Å². The molecule has 2 N–H and O–H groups in total. The molecular formula is C23H22N4O. The van der Waals surface area contributed by atoms with E-state index in [1.54, 1.807) is 6.26 Å². The lowest BCUT2D eigenvalue weighted by Crippen LogP contribution is -2.08. The number of benzene rings is 2. The quantitative estimate of drug-likeness (QED) is 0.464. The van der Waals surface area contributed by atoms with Crippen molar-refractivity contribution in [3.8, 4) is 11.3 Å². The SMILES string of the molecule is Cc1ccc(CNc2nc(NCc3ccco3)cc(-c3ccccc3)n2)cc1. The summed E-state index contributed by atoms with van der Waals surface area (Å²) < 4.78 is 5.39. The van der Waals surface area contributed by atoms with E-state index in [0.717, 1.165) is 22.8 Å². The minimum atomic E-state index is 0.565. The molecule has 28 heavy (non-hydrogen) atoms. The third kappa shape index (κ3) is 4.57. The van der Waals surface area contributed by atoms with E-state index >= 15 is 0 Å². The van der Waals surface area contributed by atoms with Crippen LogP contribution in [-0.4, -0.2) is 9.97 Å². The van der Waals surface area contributed by atoms with Crippen molar-refractivity contribution in [1.82, 2.24) is 9.97 Å². The summed E-state index contributed by atoms with van der Waals surface area (Å²) in [5, 5.41) is 6.66. The Balaban J connectivity index is 1.56. The highest BCUT2D eigenvalue weighted by Crippen LogP contribution is 2.22. The first-order chi connectivity index (χ1) is 13.8. The van der Waals surface area contributed by atoms with Crippen molar-refractivity contribution in [1.29, 1.82) is 0 Å². The number of hydrogen-bond donors (Lipinski definition) is 2. The highest BCUT2D eigenvalue weighted by Gasteiger charge is 2.07. The van der Waals surface area contributed by atoms with Gasteiger partial charge in [-0.1, -0.05) is 60.2 Å². The lowest BCUT2D eigenvalue weighted by molar-refractivity contribution is 0.518. The van der Waals surface area contributed by atoms with Crippen LogP contribution in [0, 0.1) is 6.92 Å². The van der Waals surface area contributed by atoms with E-state index in [-0.39, 0.29) is 0 Å². The van der Waals surface area contributed by atoms with Crippen LogP contribution < -0.4 is 10.6 Å². The Hall–Kier alpha value is -3.60. The number of aromatic nitrogens is 2. The second kappa shape index (κ2) is 8.39. The molecule has 0 saturated heterocycles. The molecular weight excluding hydrogens is 348 g/mol. The molecule has 140 valence electrons. The van der Waals surface area contributed by atoms with E-state index < -0.39 is 0 Å². The van der Waals surface area contributed by atoms with Crippen LogP contribution in [-0.2, 0) is 13.1 Å². The molecule has 0 fully saturated rings. The standard InChI is InChI=1S/C23H22N4O/c1-17-9-11-18(12-10-17)15-25-23-26-21(19-6-3-2-4-7-19)14-22(27-23)24-16-20-8-5-13-28-20/h2-14H,15-16H2,1H3,(H2,24,25,26,27). The van der Waals surface area contributed by atoms with Crippen molar-refractivity contribution < 1.29 is 4.42 Å². The largest absolute Gasteiger partial charge is 0.467 e. The minimum Gasteiger partial charge on any atom is -0.467 e. The fourth-order valence-electron chi connectivity index (χ4n) is 2.85. The third-order valence-electron chi connectivity index (χ3n) is 4.39. The Morgan fingerprint density at radius 2 is 1.64 bits per heavy atom. The second-order valence-corrected chi connectivity index (χ2v) is 6.60. The van der Waals surface area contributed by atoms with Crippen LogP contribution in [0.15, 0.2) is 83.5 Å². The van der Waals surface area contributed by atoms with Gasteiger partial charge < -0.3 is 15.1 Å². The summed E-state index contributed by atoms with van der Waals surface area (Å²) in [4.78, 5) is 9.31. The number of rotatable bonds is 7. The Bertz CT molecular complexity index is 1010. The number of anilines is 2. The summed E-state index contributed by atoms with van der Waals surface area (Å²) in [5.74, 6) is 2.19. The van der Waals surface area contributed by atoms with Crippen molar-refractivity contribution in [2.45, 2.75) is 20.0 Å². The molecule has 0 aliphatic heterocycles. The monoisotopic (exact) mass is 370 g/mol. The molecule has 4 rings (SSSR count). The van der Waals surface area contributed by atoms with Crippen LogP contribution in [0.25, 0.3) is 11.3 Å². The Labute approximate surface area is 164 Å². The van der Waals surface area contributed by atoms with Crippen LogP contribution in [0.5, 0.6) is 0 Å². The highest BCUT2D eigenvalue weighted by atomic mass is 16.3. The second-order valence-electron chi connectivity index (χ2n) is 6.60. The molecule has 5 heteroatoms. The number of hydrogen-bond acceptors (Lipinski definition) is 5. The van der Waals surface area contributed by atoms with E-state index in [2.05, 4.69) is 46.8 Å². The maximum Gasteiger partial charge on any atom is 0.225 e. The molecule has 2 heterocycles. The third-order valence-corrected chi connectivity index (χ3v) is 4.39.